The minimum Gasteiger partial charge on any atom is -0.388 e. The van der Waals surface area contributed by atoms with E-state index in [-0.39, 0.29) is 12.4 Å². The number of halogens is 2. The average molecular weight is 411 g/mol. The van der Waals surface area contributed by atoms with Crippen molar-refractivity contribution in [3.05, 3.63) is 34.9 Å². The average Bonchev–Trinajstić information content (AvgIpc) is 2.88. The van der Waals surface area contributed by atoms with Crippen LogP contribution in [0.5, 0.6) is 0 Å². The molecule has 0 bridgehead atoms. The Balaban J connectivity index is 0.00000208. The van der Waals surface area contributed by atoms with Crippen molar-refractivity contribution in [2.75, 3.05) is 37.1 Å². The van der Waals surface area contributed by atoms with E-state index in [0.29, 0.717) is 0 Å². The summed E-state index contributed by atoms with van der Waals surface area (Å²) in [7, 11) is 7.73. The fraction of sp³-hybridized carbons (Fsp3) is 0.235. The number of anilines is 3. The number of nitrogens with one attached hydrogen (secondary N) is 3. The molecule has 0 atom stereocenters. The van der Waals surface area contributed by atoms with Gasteiger partial charge in [0, 0.05) is 61.8 Å². The second-order valence-corrected chi connectivity index (χ2v) is 6.06. The van der Waals surface area contributed by atoms with Crippen LogP contribution in [0.1, 0.15) is 0 Å². The summed E-state index contributed by atoms with van der Waals surface area (Å²) < 4.78 is 2.84. The lowest BCUT2D eigenvalue weighted by molar-refractivity contribution is 0.761. The van der Waals surface area contributed by atoms with Gasteiger partial charge >= 0.3 is 0 Å². The van der Waals surface area contributed by atoms with E-state index in [1.54, 1.807) is 0 Å². The standard InChI is InChI=1S/C17H20BrN5.ClH/c1-19-10-8-13(20-2)15(14(9-10)21-3)11-6-5-7-12-16(11)22-23(4)17(12)18;/h5-9,19-21H,1-4H3;1H. The number of nitrogens with zero attached hydrogens (tertiary/aromatic N) is 2. The van der Waals surface area contributed by atoms with E-state index in [0.717, 1.165) is 43.7 Å². The van der Waals surface area contributed by atoms with Crippen molar-refractivity contribution in [1.82, 2.24) is 9.78 Å². The molecule has 128 valence electrons. The summed E-state index contributed by atoms with van der Waals surface area (Å²) in [5, 5.41) is 15.6. The first-order chi connectivity index (χ1) is 11.1. The lowest BCUT2D eigenvalue weighted by atomic mass is 9.98. The molecule has 5 nitrogen and oxygen atoms in total. The van der Waals surface area contributed by atoms with Gasteiger partial charge in [-0.05, 0) is 34.1 Å². The van der Waals surface area contributed by atoms with E-state index < -0.39 is 0 Å². The Morgan fingerprint density at radius 1 is 1.00 bits per heavy atom. The van der Waals surface area contributed by atoms with Crippen LogP contribution in [0.25, 0.3) is 22.0 Å². The van der Waals surface area contributed by atoms with Gasteiger partial charge in [-0.25, -0.2) is 0 Å². The van der Waals surface area contributed by atoms with Crippen molar-refractivity contribution >= 4 is 56.3 Å². The van der Waals surface area contributed by atoms with Crippen molar-refractivity contribution in [3.8, 4) is 11.1 Å². The van der Waals surface area contributed by atoms with E-state index in [1.807, 2.05) is 32.9 Å². The van der Waals surface area contributed by atoms with E-state index >= 15 is 0 Å². The van der Waals surface area contributed by atoms with Crippen LogP contribution in [0.2, 0.25) is 0 Å². The molecule has 0 aliphatic heterocycles. The van der Waals surface area contributed by atoms with Gasteiger partial charge in [-0.3, -0.25) is 4.68 Å². The van der Waals surface area contributed by atoms with Crippen LogP contribution in [0.4, 0.5) is 17.1 Å². The Bertz CT molecular complexity index is 850. The van der Waals surface area contributed by atoms with Gasteiger partial charge in [0.15, 0.2) is 0 Å². The van der Waals surface area contributed by atoms with Crippen LogP contribution in [-0.4, -0.2) is 30.9 Å². The van der Waals surface area contributed by atoms with Gasteiger partial charge in [0.05, 0.1) is 0 Å². The molecule has 0 fully saturated rings. The highest BCUT2D eigenvalue weighted by Crippen LogP contribution is 2.41. The zero-order valence-corrected chi connectivity index (χ0v) is 16.5. The van der Waals surface area contributed by atoms with Crippen LogP contribution in [0, 0.1) is 0 Å². The summed E-state index contributed by atoms with van der Waals surface area (Å²) in [6.07, 6.45) is 0. The monoisotopic (exact) mass is 409 g/mol. The minimum atomic E-state index is 0. The van der Waals surface area contributed by atoms with E-state index in [2.05, 4.69) is 67.3 Å². The Kier molecular flexibility index (Phi) is 5.62. The topological polar surface area (TPSA) is 53.9 Å². The molecule has 3 aromatic rings. The molecule has 3 N–H and O–H groups in total. The Morgan fingerprint density at radius 3 is 2.17 bits per heavy atom. The predicted octanol–water partition coefficient (Wildman–Crippen LogP) is 4.55. The Labute approximate surface area is 156 Å². The zero-order valence-electron chi connectivity index (χ0n) is 14.1. The van der Waals surface area contributed by atoms with Crippen molar-refractivity contribution in [2.45, 2.75) is 0 Å². The van der Waals surface area contributed by atoms with Gasteiger partial charge in [0.2, 0.25) is 0 Å². The second kappa shape index (κ2) is 7.32. The molecule has 0 aliphatic carbocycles. The van der Waals surface area contributed by atoms with Gasteiger partial charge < -0.3 is 16.0 Å². The van der Waals surface area contributed by atoms with Gasteiger partial charge in [0.25, 0.3) is 0 Å². The second-order valence-electron chi connectivity index (χ2n) is 5.31. The molecule has 24 heavy (non-hydrogen) atoms. The molecular weight excluding hydrogens is 390 g/mol. The summed E-state index contributed by atoms with van der Waals surface area (Å²) in [6, 6.07) is 10.5. The van der Waals surface area contributed by atoms with Gasteiger partial charge in [-0.1, -0.05) is 12.1 Å². The van der Waals surface area contributed by atoms with Crippen molar-refractivity contribution < 1.29 is 0 Å². The number of fused-ring (bicyclic) bond motifs is 1. The highest BCUT2D eigenvalue weighted by molar-refractivity contribution is 9.10. The fourth-order valence-electron chi connectivity index (χ4n) is 2.86. The highest BCUT2D eigenvalue weighted by atomic mass is 79.9. The number of hydrogen-bond donors (Lipinski definition) is 3. The third-order valence-electron chi connectivity index (χ3n) is 4.03. The van der Waals surface area contributed by atoms with E-state index in [4.69, 9.17) is 0 Å². The SMILES string of the molecule is CNc1cc(NC)c(-c2cccc3c(Br)n(C)nc23)c(NC)c1.Cl. The third-order valence-corrected chi connectivity index (χ3v) is 4.97. The molecule has 0 saturated heterocycles. The molecule has 1 heterocycles. The number of rotatable bonds is 4. The lowest BCUT2D eigenvalue weighted by Crippen LogP contribution is -2.01. The number of aryl methyl sites for hydroxylation is 1. The Hall–Kier alpha value is -1.92. The minimum absolute atomic E-state index is 0. The molecule has 0 aliphatic rings. The molecule has 2 aromatic carbocycles. The summed E-state index contributed by atoms with van der Waals surface area (Å²) >= 11 is 3.61. The maximum absolute atomic E-state index is 4.68. The van der Waals surface area contributed by atoms with Crippen LogP contribution >= 0.6 is 28.3 Å². The first-order valence-corrected chi connectivity index (χ1v) is 8.23. The molecule has 7 heteroatoms. The molecule has 0 amide bonds. The number of hydrogen-bond acceptors (Lipinski definition) is 4. The van der Waals surface area contributed by atoms with Crippen molar-refractivity contribution in [1.29, 1.82) is 0 Å². The van der Waals surface area contributed by atoms with Crippen LogP contribution in [-0.2, 0) is 7.05 Å². The number of benzene rings is 2. The predicted molar refractivity (Wildman–Crippen MR) is 110 cm³/mol. The molecule has 0 unspecified atom stereocenters. The van der Waals surface area contributed by atoms with Crippen LogP contribution < -0.4 is 16.0 Å². The van der Waals surface area contributed by atoms with Crippen molar-refractivity contribution in [3.63, 3.8) is 0 Å². The molecule has 0 spiro atoms. The summed E-state index contributed by atoms with van der Waals surface area (Å²) in [5.41, 5.74) is 6.35. The largest absolute Gasteiger partial charge is 0.388 e. The van der Waals surface area contributed by atoms with Crippen molar-refractivity contribution in [2.24, 2.45) is 7.05 Å². The summed E-state index contributed by atoms with van der Waals surface area (Å²) in [5.74, 6) is 0. The maximum atomic E-state index is 4.68. The Morgan fingerprint density at radius 2 is 1.62 bits per heavy atom. The third kappa shape index (κ3) is 2.91. The fourth-order valence-corrected chi connectivity index (χ4v) is 3.26. The molecular formula is C17H21BrClN5. The van der Waals surface area contributed by atoms with Gasteiger partial charge in [-0.15, -0.1) is 12.4 Å². The smallest absolute Gasteiger partial charge is 0.111 e. The lowest BCUT2D eigenvalue weighted by Gasteiger charge is -2.17. The normalized spacial score (nSPS) is 10.4. The van der Waals surface area contributed by atoms with Crippen LogP contribution in [0.3, 0.4) is 0 Å². The molecule has 0 saturated carbocycles. The molecule has 3 rings (SSSR count). The maximum Gasteiger partial charge on any atom is 0.111 e. The zero-order chi connectivity index (χ0) is 16.6. The number of aromatic nitrogens is 2. The van der Waals surface area contributed by atoms with E-state index in [1.165, 1.54) is 0 Å². The quantitative estimate of drug-likeness (QED) is 0.590. The summed E-state index contributed by atoms with van der Waals surface area (Å²) in [6.45, 7) is 0. The van der Waals surface area contributed by atoms with Gasteiger partial charge in [0.1, 0.15) is 10.1 Å². The van der Waals surface area contributed by atoms with Crippen LogP contribution in [0.15, 0.2) is 34.9 Å². The first-order valence-electron chi connectivity index (χ1n) is 7.43. The van der Waals surface area contributed by atoms with E-state index in [9.17, 15) is 0 Å². The molecule has 0 radical (unpaired) electrons. The highest BCUT2D eigenvalue weighted by Gasteiger charge is 2.17. The first kappa shape index (κ1) is 18.4. The van der Waals surface area contributed by atoms with Gasteiger partial charge in [-0.2, -0.15) is 5.10 Å². The summed E-state index contributed by atoms with van der Waals surface area (Å²) in [4.78, 5) is 0. The molecule has 1 aromatic heterocycles.